The molecular formula is C19H31N3O3S. The van der Waals surface area contributed by atoms with Crippen molar-refractivity contribution in [1.82, 2.24) is 14.5 Å². The number of nitrogens with zero attached hydrogens (tertiary/aromatic N) is 2. The van der Waals surface area contributed by atoms with Gasteiger partial charge >= 0.3 is 0 Å². The Morgan fingerprint density at radius 1 is 1.15 bits per heavy atom. The zero-order valence-corrected chi connectivity index (χ0v) is 17.3. The minimum atomic E-state index is -3.74. The number of benzene rings is 1. The number of carbonyl (C=O) groups excluding carboxylic acids is 1. The third-order valence-corrected chi connectivity index (χ3v) is 6.67. The first-order valence-electron chi connectivity index (χ1n) is 9.19. The van der Waals surface area contributed by atoms with E-state index in [0.29, 0.717) is 24.5 Å². The molecule has 0 spiro atoms. The topological polar surface area (TPSA) is 69.7 Å². The molecule has 0 saturated carbocycles. The number of hydrogen-bond acceptors (Lipinski definition) is 4. The monoisotopic (exact) mass is 381 g/mol. The fourth-order valence-electron chi connectivity index (χ4n) is 3.52. The van der Waals surface area contributed by atoms with Crippen molar-refractivity contribution in [3.05, 3.63) is 28.8 Å². The number of hydrogen-bond donors (Lipinski definition) is 1. The predicted molar refractivity (Wildman–Crippen MR) is 104 cm³/mol. The summed E-state index contributed by atoms with van der Waals surface area (Å²) >= 11 is 0. The Labute approximate surface area is 157 Å². The second kappa shape index (κ2) is 8.50. The molecule has 2 rings (SSSR count). The predicted octanol–water partition coefficient (Wildman–Crippen LogP) is 1.69. The molecule has 0 aliphatic carbocycles. The lowest BCUT2D eigenvalue weighted by Gasteiger charge is -2.31. The SMILES string of the molecule is Cc1cc(C)c(S(=O)(=O)N(CC(=O)N2CCNCC2)CC(C)C)c(C)c1. The van der Waals surface area contributed by atoms with Crippen molar-refractivity contribution < 1.29 is 13.2 Å². The lowest BCUT2D eigenvalue weighted by molar-refractivity contribution is -0.132. The first-order chi connectivity index (χ1) is 12.1. The zero-order valence-electron chi connectivity index (χ0n) is 16.5. The maximum absolute atomic E-state index is 13.4. The maximum atomic E-state index is 13.4. The van der Waals surface area contributed by atoms with Crippen LogP contribution >= 0.6 is 0 Å². The molecule has 7 heteroatoms. The summed E-state index contributed by atoms with van der Waals surface area (Å²) < 4.78 is 28.1. The standard InChI is InChI=1S/C19H31N3O3S/c1-14(2)12-22(13-18(23)21-8-6-20-7-9-21)26(24,25)19-16(4)10-15(3)11-17(19)5/h10-11,14,20H,6-9,12-13H2,1-5H3. The summed E-state index contributed by atoms with van der Waals surface area (Å²) in [6.07, 6.45) is 0. The molecule has 1 aliphatic heterocycles. The number of sulfonamides is 1. The van der Waals surface area contributed by atoms with Crippen molar-refractivity contribution in [1.29, 1.82) is 0 Å². The quantitative estimate of drug-likeness (QED) is 0.814. The molecule has 1 saturated heterocycles. The molecule has 1 N–H and O–H groups in total. The molecule has 1 amide bonds. The molecule has 146 valence electrons. The molecule has 1 heterocycles. The molecule has 26 heavy (non-hydrogen) atoms. The molecule has 1 fully saturated rings. The van der Waals surface area contributed by atoms with Crippen molar-refractivity contribution in [2.45, 2.75) is 39.5 Å². The Balaban J connectivity index is 2.34. The first-order valence-corrected chi connectivity index (χ1v) is 10.6. The van der Waals surface area contributed by atoms with Crippen LogP contribution < -0.4 is 5.32 Å². The molecule has 6 nitrogen and oxygen atoms in total. The number of aryl methyl sites for hydroxylation is 3. The zero-order chi connectivity index (χ0) is 19.5. The van der Waals surface area contributed by atoms with Crippen LogP contribution in [0, 0.1) is 26.7 Å². The summed E-state index contributed by atoms with van der Waals surface area (Å²) in [4.78, 5) is 14.8. The largest absolute Gasteiger partial charge is 0.339 e. The summed E-state index contributed by atoms with van der Waals surface area (Å²) in [5.74, 6) is 0.00445. The van der Waals surface area contributed by atoms with Gasteiger partial charge in [0, 0.05) is 32.7 Å². The van der Waals surface area contributed by atoms with E-state index in [9.17, 15) is 13.2 Å². The molecule has 0 unspecified atom stereocenters. The average molecular weight is 382 g/mol. The lowest BCUT2D eigenvalue weighted by Crippen LogP contribution is -2.50. The van der Waals surface area contributed by atoms with E-state index in [4.69, 9.17) is 0 Å². The minimum Gasteiger partial charge on any atom is -0.339 e. The van der Waals surface area contributed by atoms with Crippen LogP contribution in [-0.4, -0.2) is 62.8 Å². The van der Waals surface area contributed by atoms with Gasteiger partial charge in [-0.3, -0.25) is 4.79 Å². The van der Waals surface area contributed by atoms with E-state index < -0.39 is 10.0 Å². The number of nitrogens with one attached hydrogen (secondary N) is 1. The maximum Gasteiger partial charge on any atom is 0.244 e. The van der Waals surface area contributed by atoms with Crippen LogP contribution in [0.1, 0.15) is 30.5 Å². The van der Waals surface area contributed by atoms with Crippen molar-refractivity contribution in [3.8, 4) is 0 Å². The lowest BCUT2D eigenvalue weighted by atomic mass is 10.1. The Hall–Kier alpha value is -1.44. The normalized spacial score (nSPS) is 15.7. The highest BCUT2D eigenvalue weighted by Crippen LogP contribution is 2.26. The van der Waals surface area contributed by atoms with Gasteiger partial charge < -0.3 is 10.2 Å². The van der Waals surface area contributed by atoms with Crippen LogP contribution in [0.15, 0.2) is 17.0 Å². The third kappa shape index (κ3) is 4.84. The summed E-state index contributed by atoms with van der Waals surface area (Å²) in [5.41, 5.74) is 2.49. The number of piperazine rings is 1. The van der Waals surface area contributed by atoms with Gasteiger partial charge in [-0.1, -0.05) is 31.5 Å². The molecule has 1 aromatic carbocycles. The summed E-state index contributed by atoms with van der Waals surface area (Å²) in [5, 5.41) is 3.21. The van der Waals surface area contributed by atoms with Crippen molar-refractivity contribution in [3.63, 3.8) is 0 Å². The molecule has 0 atom stereocenters. The van der Waals surface area contributed by atoms with Crippen LogP contribution in [0.2, 0.25) is 0 Å². The molecule has 0 radical (unpaired) electrons. The fraction of sp³-hybridized carbons (Fsp3) is 0.632. The summed E-state index contributed by atoms with van der Waals surface area (Å²) in [7, 11) is -3.74. The Morgan fingerprint density at radius 3 is 2.19 bits per heavy atom. The molecule has 1 aromatic rings. The number of rotatable bonds is 6. The van der Waals surface area contributed by atoms with E-state index in [1.807, 2.05) is 46.8 Å². The van der Waals surface area contributed by atoms with Gasteiger partial charge in [0.15, 0.2) is 0 Å². The first kappa shape index (κ1) is 20.9. The smallest absolute Gasteiger partial charge is 0.244 e. The summed E-state index contributed by atoms with van der Waals surface area (Å²) in [6.45, 7) is 12.5. The molecule has 0 aromatic heterocycles. The van der Waals surface area contributed by atoms with Gasteiger partial charge in [-0.25, -0.2) is 8.42 Å². The molecule has 1 aliphatic rings. The van der Waals surface area contributed by atoms with Crippen LogP contribution in [-0.2, 0) is 14.8 Å². The van der Waals surface area contributed by atoms with E-state index in [0.717, 1.165) is 29.8 Å². The highest BCUT2D eigenvalue weighted by Gasteiger charge is 2.31. The summed E-state index contributed by atoms with van der Waals surface area (Å²) in [6, 6.07) is 3.76. The van der Waals surface area contributed by atoms with Crippen molar-refractivity contribution in [2.24, 2.45) is 5.92 Å². The molecular weight excluding hydrogens is 350 g/mol. The fourth-order valence-corrected chi connectivity index (χ4v) is 5.49. The Morgan fingerprint density at radius 2 is 1.69 bits per heavy atom. The highest BCUT2D eigenvalue weighted by atomic mass is 32.2. The van der Waals surface area contributed by atoms with E-state index in [1.54, 1.807) is 4.90 Å². The highest BCUT2D eigenvalue weighted by molar-refractivity contribution is 7.89. The number of carbonyl (C=O) groups is 1. The second-order valence-corrected chi connectivity index (χ2v) is 9.42. The minimum absolute atomic E-state index is 0.104. The second-order valence-electron chi connectivity index (χ2n) is 7.55. The Kier molecular flexibility index (Phi) is 6.82. The van der Waals surface area contributed by atoms with Gasteiger partial charge in [0.2, 0.25) is 15.9 Å². The van der Waals surface area contributed by atoms with Gasteiger partial charge in [-0.05, 0) is 37.8 Å². The van der Waals surface area contributed by atoms with Crippen LogP contribution in [0.5, 0.6) is 0 Å². The molecule has 0 bridgehead atoms. The van der Waals surface area contributed by atoms with E-state index in [2.05, 4.69) is 5.32 Å². The number of amides is 1. The van der Waals surface area contributed by atoms with Crippen molar-refractivity contribution in [2.75, 3.05) is 39.3 Å². The van der Waals surface area contributed by atoms with Gasteiger partial charge in [0.1, 0.15) is 0 Å². The van der Waals surface area contributed by atoms with E-state index in [1.165, 1.54) is 4.31 Å². The van der Waals surface area contributed by atoms with Crippen LogP contribution in [0.3, 0.4) is 0 Å². The van der Waals surface area contributed by atoms with E-state index in [-0.39, 0.29) is 18.4 Å². The van der Waals surface area contributed by atoms with Crippen LogP contribution in [0.4, 0.5) is 0 Å². The van der Waals surface area contributed by atoms with Gasteiger partial charge in [-0.15, -0.1) is 0 Å². The van der Waals surface area contributed by atoms with Crippen LogP contribution in [0.25, 0.3) is 0 Å². The van der Waals surface area contributed by atoms with Gasteiger partial charge in [-0.2, -0.15) is 4.31 Å². The third-order valence-electron chi connectivity index (χ3n) is 4.55. The van der Waals surface area contributed by atoms with Gasteiger partial charge in [0.25, 0.3) is 0 Å². The van der Waals surface area contributed by atoms with Gasteiger partial charge in [0.05, 0.1) is 11.4 Å². The average Bonchev–Trinajstić information content (AvgIpc) is 2.53. The Bertz CT molecular complexity index is 730. The van der Waals surface area contributed by atoms with E-state index >= 15 is 0 Å². The van der Waals surface area contributed by atoms with Crippen molar-refractivity contribution >= 4 is 15.9 Å².